The first-order chi connectivity index (χ1) is 4.31. The summed E-state index contributed by atoms with van der Waals surface area (Å²) in [6.45, 7) is 7.02. The Kier molecular flexibility index (Phi) is 6.11. The van der Waals surface area contributed by atoms with Crippen molar-refractivity contribution in [2.24, 2.45) is 0 Å². The molecule has 1 atom stereocenters. The van der Waals surface area contributed by atoms with Crippen LogP contribution in [0, 0.1) is 0 Å². The number of hydrogen-bond donors (Lipinski definition) is 0. The van der Waals surface area contributed by atoms with E-state index in [-0.39, 0.29) is 5.38 Å². The molecule has 0 aromatic carbocycles. The number of hydrogen-bond acceptors (Lipinski definition) is 1. The zero-order valence-corrected chi connectivity index (χ0v) is 6.53. The van der Waals surface area contributed by atoms with Gasteiger partial charge < -0.3 is 4.74 Å². The van der Waals surface area contributed by atoms with Gasteiger partial charge in [0.05, 0.1) is 5.38 Å². The summed E-state index contributed by atoms with van der Waals surface area (Å²) in [4.78, 5) is 0. The van der Waals surface area contributed by atoms with E-state index in [0.29, 0.717) is 0 Å². The Morgan fingerprint density at radius 2 is 2.44 bits per heavy atom. The summed E-state index contributed by atoms with van der Waals surface area (Å²) in [6, 6.07) is 0. The lowest BCUT2D eigenvalue weighted by atomic mass is 10.3. The Balaban J connectivity index is 2.96. The molecule has 1 nitrogen and oxygen atoms in total. The highest BCUT2D eigenvalue weighted by atomic mass is 35.5. The van der Waals surface area contributed by atoms with Gasteiger partial charge in [0.1, 0.15) is 0 Å². The zero-order valence-electron chi connectivity index (χ0n) is 5.77. The van der Waals surface area contributed by atoms with E-state index in [2.05, 4.69) is 6.58 Å². The summed E-state index contributed by atoms with van der Waals surface area (Å²) >= 11 is 5.70. The third-order valence-electron chi connectivity index (χ3n) is 0.998. The van der Waals surface area contributed by atoms with E-state index in [0.717, 1.165) is 19.6 Å². The van der Waals surface area contributed by atoms with Crippen LogP contribution in [0.15, 0.2) is 12.7 Å². The van der Waals surface area contributed by atoms with Gasteiger partial charge in [-0.3, -0.25) is 0 Å². The van der Waals surface area contributed by atoms with Crippen molar-refractivity contribution in [3.63, 3.8) is 0 Å². The average Bonchev–Trinajstić information content (AvgIpc) is 1.89. The Morgan fingerprint density at radius 1 is 1.78 bits per heavy atom. The molecule has 0 amide bonds. The molecule has 0 aliphatic carbocycles. The number of halogens is 1. The van der Waals surface area contributed by atoms with Crippen molar-refractivity contribution in [1.82, 2.24) is 0 Å². The van der Waals surface area contributed by atoms with Gasteiger partial charge in [0.15, 0.2) is 0 Å². The summed E-state index contributed by atoms with van der Waals surface area (Å²) in [5.74, 6) is 0. The van der Waals surface area contributed by atoms with Crippen molar-refractivity contribution >= 4 is 11.6 Å². The van der Waals surface area contributed by atoms with Crippen LogP contribution in [0.4, 0.5) is 0 Å². The molecule has 0 fully saturated rings. The molecular weight excluding hydrogens is 136 g/mol. The van der Waals surface area contributed by atoms with Crippen LogP contribution in [0.25, 0.3) is 0 Å². The highest BCUT2D eigenvalue weighted by Crippen LogP contribution is 2.01. The lowest BCUT2D eigenvalue weighted by Crippen LogP contribution is -2.00. The van der Waals surface area contributed by atoms with Gasteiger partial charge in [0.2, 0.25) is 0 Å². The number of ether oxygens (including phenoxy) is 1. The maximum Gasteiger partial charge on any atom is 0.0535 e. The molecule has 0 heterocycles. The van der Waals surface area contributed by atoms with Gasteiger partial charge in [-0.05, 0) is 13.3 Å². The van der Waals surface area contributed by atoms with E-state index in [9.17, 15) is 0 Å². The molecule has 1 unspecified atom stereocenters. The van der Waals surface area contributed by atoms with Crippen LogP contribution in [0.1, 0.15) is 13.3 Å². The standard InChI is InChI=1S/C7H13ClO/c1-3-7(8)5-6-9-4-2/h3,7H,1,4-6H2,2H3. The molecule has 0 rings (SSSR count). The fraction of sp³-hybridized carbons (Fsp3) is 0.714. The summed E-state index contributed by atoms with van der Waals surface area (Å²) in [5, 5.41) is 0.0662. The predicted molar refractivity (Wildman–Crippen MR) is 40.9 cm³/mol. The molecule has 9 heavy (non-hydrogen) atoms. The maximum absolute atomic E-state index is 5.70. The van der Waals surface area contributed by atoms with Crippen molar-refractivity contribution in [3.05, 3.63) is 12.7 Å². The van der Waals surface area contributed by atoms with Crippen LogP contribution < -0.4 is 0 Å². The number of allylic oxidation sites excluding steroid dienone is 1. The molecule has 2 heteroatoms. The largest absolute Gasteiger partial charge is 0.382 e. The van der Waals surface area contributed by atoms with Crippen LogP contribution in [-0.4, -0.2) is 18.6 Å². The molecule has 0 aliphatic rings. The third-order valence-corrected chi connectivity index (χ3v) is 1.39. The monoisotopic (exact) mass is 148 g/mol. The Labute approximate surface area is 61.7 Å². The Morgan fingerprint density at radius 3 is 2.89 bits per heavy atom. The Hall–Kier alpha value is -0.0100. The van der Waals surface area contributed by atoms with E-state index in [4.69, 9.17) is 16.3 Å². The van der Waals surface area contributed by atoms with E-state index >= 15 is 0 Å². The molecule has 0 radical (unpaired) electrons. The van der Waals surface area contributed by atoms with Crippen LogP contribution in [0.2, 0.25) is 0 Å². The van der Waals surface area contributed by atoms with Crippen molar-refractivity contribution in [1.29, 1.82) is 0 Å². The van der Waals surface area contributed by atoms with Gasteiger partial charge in [0, 0.05) is 13.2 Å². The van der Waals surface area contributed by atoms with E-state index in [1.165, 1.54) is 0 Å². The van der Waals surface area contributed by atoms with Crippen LogP contribution in [-0.2, 0) is 4.74 Å². The highest BCUT2D eigenvalue weighted by Gasteiger charge is 1.95. The minimum atomic E-state index is 0.0662. The minimum absolute atomic E-state index is 0.0662. The summed E-state index contributed by atoms with van der Waals surface area (Å²) in [5.41, 5.74) is 0. The fourth-order valence-corrected chi connectivity index (χ4v) is 0.547. The highest BCUT2D eigenvalue weighted by molar-refractivity contribution is 6.21. The molecule has 0 aromatic rings. The third kappa shape index (κ3) is 5.87. The zero-order chi connectivity index (χ0) is 7.11. The molecule has 0 saturated heterocycles. The van der Waals surface area contributed by atoms with Gasteiger partial charge in [-0.25, -0.2) is 0 Å². The second-order valence-corrected chi connectivity index (χ2v) is 2.30. The molecule has 0 bridgehead atoms. The number of alkyl halides is 1. The topological polar surface area (TPSA) is 9.23 Å². The van der Waals surface area contributed by atoms with E-state index < -0.39 is 0 Å². The van der Waals surface area contributed by atoms with Crippen molar-refractivity contribution in [2.75, 3.05) is 13.2 Å². The van der Waals surface area contributed by atoms with Crippen LogP contribution in [0.5, 0.6) is 0 Å². The Bertz CT molecular complexity index is 73.3. The SMILES string of the molecule is C=CC(Cl)CCOCC. The molecular formula is C7H13ClO. The fourth-order valence-electron chi connectivity index (χ4n) is 0.458. The quantitative estimate of drug-likeness (QED) is 0.330. The molecule has 0 aliphatic heterocycles. The predicted octanol–water partition coefficient (Wildman–Crippen LogP) is 2.21. The first-order valence-corrected chi connectivity index (χ1v) is 3.59. The molecule has 0 saturated carbocycles. The maximum atomic E-state index is 5.70. The summed E-state index contributed by atoms with van der Waals surface area (Å²) in [6.07, 6.45) is 2.58. The van der Waals surface area contributed by atoms with E-state index in [1.807, 2.05) is 6.92 Å². The second kappa shape index (κ2) is 6.12. The molecule has 0 aromatic heterocycles. The van der Waals surface area contributed by atoms with E-state index in [1.54, 1.807) is 6.08 Å². The molecule has 0 spiro atoms. The minimum Gasteiger partial charge on any atom is -0.382 e. The first-order valence-electron chi connectivity index (χ1n) is 3.15. The average molecular weight is 149 g/mol. The van der Waals surface area contributed by atoms with Crippen LogP contribution in [0.3, 0.4) is 0 Å². The van der Waals surface area contributed by atoms with Gasteiger partial charge in [0.25, 0.3) is 0 Å². The van der Waals surface area contributed by atoms with Crippen molar-refractivity contribution < 1.29 is 4.74 Å². The van der Waals surface area contributed by atoms with Crippen LogP contribution >= 0.6 is 11.6 Å². The van der Waals surface area contributed by atoms with Crippen molar-refractivity contribution in [2.45, 2.75) is 18.7 Å². The summed E-state index contributed by atoms with van der Waals surface area (Å²) in [7, 11) is 0. The molecule has 0 N–H and O–H groups in total. The number of rotatable bonds is 5. The first kappa shape index (κ1) is 8.99. The van der Waals surface area contributed by atoms with Gasteiger partial charge in [-0.1, -0.05) is 6.08 Å². The van der Waals surface area contributed by atoms with Gasteiger partial charge >= 0.3 is 0 Å². The molecule has 54 valence electrons. The second-order valence-electron chi connectivity index (χ2n) is 1.74. The van der Waals surface area contributed by atoms with Crippen molar-refractivity contribution in [3.8, 4) is 0 Å². The van der Waals surface area contributed by atoms with Gasteiger partial charge in [-0.2, -0.15) is 0 Å². The lowest BCUT2D eigenvalue weighted by Gasteiger charge is -2.01. The normalized spacial score (nSPS) is 13.1. The smallest absolute Gasteiger partial charge is 0.0535 e. The summed E-state index contributed by atoms with van der Waals surface area (Å²) < 4.78 is 5.07. The van der Waals surface area contributed by atoms with Gasteiger partial charge in [-0.15, -0.1) is 18.2 Å². The lowest BCUT2D eigenvalue weighted by molar-refractivity contribution is 0.146.